The van der Waals surface area contributed by atoms with E-state index < -0.39 is 24.3 Å². The zero-order valence-corrected chi connectivity index (χ0v) is 13.3. The molecule has 0 aliphatic heterocycles. The van der Waals surface area contributed by atoms with Crippen LogP contribution >= 0.6 is 11.8 Å². The van der Waals surface area contributed by atoms with Crippen molar-refractivity contribution in [2.24, 2.45) is 0 Å². The Morgan fingerprint density at radius 1 is 1.21 bits per heavy atom. The molecule has 3 atom stereocenters. The number of halogens is 3. The summed E-state index contributed by atoms with van der Waals surface area (Å²) in [5.74, 6) is -0.694. The highest BCUT2D eigenvalue weighted by Crippen LogP contribution is 2.51. The van der Waals surface area contributed by atoms with Crippen molar-refractivity contribution in [3.63, 3.8) is 0 Å². The highest BCUT2D eigenvalue weighted by Gasteiger charge is 2.44. The number of thioether (sulfide) groups is 1. The van der Waals surface area contributed by atoms with Crippen molar-refractivity contribution < 1.29 is 23.0 Å². The third-order valence-electron chi connectivity index (χ3n) is 3.81. The molecule has 3 nitrogen and oxygen atoms in total. The number of nitriles is 1. The average molecular weight is 351 g/mol. The van der Waals surface area contributed by atoms with Crippen LogP contribution in [0.2, 0.25) is 0 Å². The van der Waals surface area contributed by atoms with Crippen LogP contribution in [-0.4, -0.2) is 17.5 Å². The van der Waals surface area contributed by atoms with Gasteiger partial charge in [-0.05, 0) is 30.5 Å². The van der Waals surface area contributed by atoms with E-state index in [0.29, 0.717) is 4.90 Å². The summed E-state index contributed by atoms with van der Waals surface area (Å²) in [5, 5.41) is 18.8. The van der Waals surface area contributed by atoms with E-state index in [2.05, 4.69) is 0 Å². The zero-order chi connectivity index (χ0) is 17.4. The van der Waals surface area contributed by atoms with Gasteiger partial charge in [0.2, 0.25) is 0 Å². The van der Waals surface area contributed by atoms with E-state index in [-0.39, 0.29) is 28.2 Å². The molecular formula is C17H12F3NO2S. The zero-order valence-electron chi connectivity index (χ0n) is 12.5. The largest absolute Gasteiger partial charge is 0.457 e. The molecule has 0 spiro atoms. The molecule has 124 valence electrons. The Morgan fingerprint density at radius 3 is 2.62 bits per heavy atom. The molecule has 1 aliphatic rings. The van der Waals surface area contributed by atoms with Gasteiger partial charge in [0.15, 0.2) is 12.3 Å². The number of hydrogen-bond acceptors (Lipinski definition) is 4. The predicted molar refractivity (Wildman–Crippen MR) is 83.1 cm³/mol. The minimum Gasteiger partial charge on any atom is -0.457 e. The highest BCUT2D eigenvalue weighted by molar-refractivity contribution is 7.98. The Morgan fingerprint density at radius 2 is 1.96 bits per heavy atom. The summed E-state index contributed by atoms with van der Waals surface area (Å²) < 4.78 is 47.2. The summed E-state index contributed by atoms with van der Waals surface area (Å²) in [7, 11) is 0. The van der Waals surface area contributed by atoms with Crippen molar-refractivity contribution in [2.75, 3.05) is 6.26 Å². The van der Waals surface area contributed by atoms with Gasteiger partial charge in [-0.2, -0.15) is 5.26 Å². The SMILES string of the molecule is CSc1ccc(Oc2cc(F)cc(C#N)c2)c2c1[C@H](O)[C@H](F)[C@H]2F. The van der Waals surface area contributed by atoms with E-state index in [1.165, 1.54) is 23.9 Å². The minimum absolute atomic E-state index is 0.00495. The van der Waals surface area contributed by atoms with Gasteiger partial charge in [-0.1, -0.05) is 0 Å². The van der Waals surface area contributed by atoms with Crippen LogP contribution in [0.1, 0.15) is 29.0 Å². The first-order valence-electron chi connectivity index (χ1n) is 7.01. The fourth-order valence-electron chi connectivity index (χ4n) is 2.74. The standard InChI is InChI=1S/C17H12F3NO2S/c1-24-12-3-2-11(13-14(12)17(22)16(20)15(13)19)23-10-5-8(7-21)4-9(18)6-10/h2-6,15-17,22H,1H3/t15-,16+,17-/m0/s1. The van der Waals surface area contributed by atoms with Crippen molar-refractivity contribution in [3.05, 3.63) is 52.8 Å². The van der Waals surface area contributed by atoms with Gasteiger partial charge in [0.25, 0.3) is 0 Å². The summed E-state index contributed by atoms with van der Waals surface area (Å²) in [6, 6.07) is 8.19. The summed E-state index contributed by atoms with van der Waals surface area (Å²) in [4.78, 5) is 0.546. The van der Waals surface area contributed by atoms with Gasteiger partial charge in [0.05, 0.1) is 11.6 Å². The van der Waals surface area contributed by atoms with E-state index in [1.54, 1.807) is 18.4 Å². The van der Waals surface area contributed by atoms with E-state index in [0.717, 1.165) is 12.1 Å². The summed E-state index contributed by atoms with van der Waals surface area (Å²) in [5.41, 5.74) is 0.115. The first-order valence-corrected chi connectivity index (χ1v) is 8.24. The average Bonchev–Trinajstić information content (AvgIpc) is 2.80. The maximum atomic E-state index is 14.3. The molecule has 7 heteroatoms. The predicted octanol–water partition coefficient (Wildman–Crippen LogP) is 4.61. The van der Waals surface area contributed by atoms with Gasteiger partial charge >= 0.3 is 0 Å². The van der Waals surface area contributed by atoms with Gasteiger partial charge in [-0.3, -0.25) is 0 Å². The fraction of sp³-hybridized carbons (Fsp3) is 0.235. The van der Waals surface area contributed by atoms with E-state index in [9.17, 15) is 18.3 Å². The molecular weight excluding hydrogens is 339 g/mol. The monoisotopic (exact) mass is 351 g/mol. The lowest BCUT2D eigenvalue weighted by Crippen LogP contribution is -2.09. The van der Waals surface area contributed by atoms with Gasteiger partial charge < -0.3 is 9.84 Å². The summed E-state index contributed by atoms with van der Waals surface area (Å²) in [6.07, 6.45) is -3.98. The number of aliphatic hydroxyl groups is 1. The number of benzene rings is 2. The fourth-order valence-corrected chi connectivity index (χ4v) is 3.40. The lowest BCUT2D eigenvalue weighted by atomic mass is 10.1. The first-order chi connectivity index (χ1) is 11.5. The second-order valence-electron chi connectivity index (χ2n) is 5.27. The number of ether oxygens (including phenoxy) is 1. The lowest BCUT2D eigenvalue weighted by Gasteiger charge is -2.14. The third-order valence-corrected chi connectivity index (χ3v) is 4.60. The molecule has 24 heavy (non-hydrogen) atoms. The Kier molecular flexibility index (Phi) is 4.43. The molecule has 0 amide bonds. The summed E-state index contributed by atoms with van der Waals surface area (Å²) >= 11 is 1.25. The normalized spacial score (nSPS) is 22.1. The molecule has 1 aliphatic carbocycles. The molecule has 1 N–H and O–H groups in total. The minimum atomic E-state index is -2.09. The van der Waals surface area contributed by atoms with Crippen LogP contribution in [0.3, 0.4) is 0 Å². The Labute approximate surface area is 140 Å². The Hall–Kier alpha value is -2.17. The lowest BCUT2D eigenvalue weighted by molar-refractivity contribution is 0.0455. The molecule has 2 aromatic carbocycles. The molecule has 0 saturated heterocycles. The molecule has 0 bridgehead atoms. The molecule has 0 aromatic heterocycles. The molecule has 2 aromatic rings. The number of rotatable bonds is 3. The van der Waals surface area contributed by atoms with Gasteiger partial charge in [-0.25, -0.2) is 13.2 Å². The summed E-state index contributed by atoms with van der Waals surface area (Å²) in [6.45, 7) is 0. The number of aliphatic hydroxyl groups excluding tert-OH is 1. The molecule has 0 unspecified atom stereocenters. The molecule has 0 heterocycles. The highest BCUT2D eigenvalue weighted by atomic mass is 32.2. The van der Waals surface area contributed by atoms with Crippen LogP contribution < -0.4 is 4.74 Å². The topological polar surface area (TPSA) is 53.2 Å². The molecule has 3 rings (SSSR count). The van der Waals surface area contributed by atoms with Crippen molar-refractivity contribution in [1.29, 1.82) is 5.26 Å². The number of alkyl halides is 2. The second kappa shape index (κ2) is 6.38. The maximum Gasteiger partial charge on any atom is 0.165 e. The molecule has 0 saturated carbocycles. The maximum absolute atomic E-state index is 14.3. The number of hydrogen-bond donors (Lipinski definition) is 1. The van der Waals surface area contributed by atoms with Crippen LogP contribution in [0, 0.1) is 17.1 Å². The smallest absolute Gasteiger partial charge is 0.165 e. The van der Waals surface area contributed by atoms with Crippen LogP contribution in [0.4, 0.5) is 13.2 Å². The van der Waals surface area contributed by atoms with Crippen LogP contribution in [0.15, 0.2) is 35.2 Å². The van der Waals surface area contributed by atoms with Crippen LogP contribution in [-0.2, 0) is 0 Å². The van der Waals surface area contributed by atoms with E-state index in [1.807, 2.05) is 0 Å². The number of fused-ring (bicyclic) bond motifs is 1. The third kappa shape index (κ3) is 2.72. The molecule has 0 radical (unpaired) electrons. The van der Waals surface area contributed by atoms with Crippen molar-refractivity contribution >= 4 is 11.8 Å². The number of nitrogens with zero attached hydrogens (tertiary/aromatic N) is 1. The van der Waals surface area contributed by atoms with Crippen molar-refractivity contribution in [3.8, 4) is 17.6 Å². The Balaban J connectivity index is 2.08. The Bertz CT molecular complexity index is 837. The van der Waals surface area contributed by atoms with Gasteiger partial charge in [-0.15, -0.1) is 11.8 Å². The quantitative estimate of drug-likeness (QED) is 0.821. The second-order valence-corrected chi connectivity index (χ2v) is 6.12. The first kappa shape index (κ1) is 16.7. The van der Waals surface area contributed by atoms with Gasteiger partial charge in [0.1, 0.15) is 23.4 Å². The van der Waals surface area contributed by atoms with Crippen molar-refractivity contribution in [1.82, 2.24) is 0 Å². The molecule has 0 fully saturated rings. The van der Waals surface area contributed by atoms with Crippen LogP contribution in [0.25, 0.3) is 0 Å². The van der Waals surface area contributed by atoms with Crippen LogP contribution in [0.5, 0.6) is 11.5 Å². The van der Waals surface area contributed by atoms with E-state index >= 15 is 0 Å². The van der Waals surface area contributed by atoms with Gasteiger partial charge in [0, 0.05) is 22.1 Å². The van der Waals surface area contributed by atoms with Crippen molar-refractivity contribution in [2.45, 2.75) is 23.3 Å². The van der Waals surface area contributed by atoms with E-state index in [4.69, 9.17) is 10.00 Å².